The number of nitrogens with zero attached hydrogens (tertiary/aromatic N) is 1. The quantitative estimate of drug-likeness (QED) is 0.839. The van der Waals surface area contributed by atoms with Crippen molar-refractivity contribution >= 4 is 0 Å². The number of aryl methyl sites for hydroxylation is 1. The molecule has 1 aromatic carbocycles. The molecule has 1 unspecified atom stereocenters. The van der Waals surface area contributed by atoms with Gasteiger partial charge in [-0.25, -0.2) is 4.98 Å². The lowest BCUT2D eigenvalue weighted by atomic mass is 9.82. The lowest BCUT2D eigenvalue weighted by molar-refractivity contribution is 0.567. The Morgan fingerprint density at radius 3 is 3.05 bits per heavy atom. The van der Waals surface area contributed by atoms with Gasteiger partial charge in [0.15, 0.2) is 0 Å². The Kier molecular flexibility index (Phi) is 3.11. The van der Waals surface area contributed by atoms with E-state index in [9.17, 15) is 4.79 Å². The molecular weight excluding hydrogens is 262 g/mol. The number of aromatic amines is 1. The van der Waals surface area contributed by atoms with Crippen LogP contribution in [0.25, 0.3) is 0 Å². The molecule has 0 radical (unpaired) electrons. The molecule has 4 heteroatoms. The predicted octanol–water partition coefficient (Wildman–Crippen LogP) is 1.88. The molecule has 108 valence electrons. The molecule has 0 amide bonds. The highest BCUT2D eigenvalue weighted by Crippen LogP contribution is 2.34. The summed E-state index contributed by atoms with van der Waals surface area (Å²) in [5.74, 6) is 1.09. The minimum absolute atomic E-state index is 0.0326. The molecule has 1 atom stereocenters. The van der Waals surface area contributed by atoms with Crippen LogP contribution in [-0.2, 0) is 19.4 Å². The second kappa shape index (κ2) is 5.11. The summed E-state index contributed by atoms with van der Waals surface area (Å²) in [6.45, 7) is 1.54. The van der Waals surface area contributed by atoms with Gasteiger partial charge in [-0.3, -0.25) is 4.79 Å². The number of hydrogen-bond acceptors (Lipinski definition) is 3. The Morgan fingerprint density at radius 1 is 1.19 bits per heavy atom. The summed E-state index contributed by atoms with van der Waals surface area (Å²) in [7, 11) is 0. The van der Waals surface area contributed by atoms with Crippen LogP contribution >= 0.6 is 0 Å². The largest absolute Gasteiger partial charge is 0.312 e. The van der Waals surface area contributed by atoms with Crippen molar-refractivity contribution in [2.75, 3.05) is 6.54 Å². The van der Waals surface area contributed by atoms with Crippen LogP contribution in [0.2, 0.25) is 0 Å². The molecule has 1 aliphatic carbocycles. The zero-order chi connectivity index (χ0) is 14.2. The van der Waals surface area contributed by atoms with E-state index in [-0.39, 0.29) is 11.5 Å². The fourth-order valence-electron chi connectivity index (χ4n) is 3.58. The highest BCUT2D eigenvalue weighted by Gasteiger charge is 2.25. The molecule has 2 N–H and O–H groups in total. The average molecular weight is 281 g/mol. The normalized spacial score (nSPS) is 20.7. The maximum Gasteiger partial charge on any atom is 0.255 e. The topological polar surface area (TPSA) is 57.8 Å². The van der Waals surface area contributed by atoms with E-state index < -0.39 is 0 Å². The third-order valence-corrected chi connectivity index (χ3v) is 4.66. The van der Waals surface area contributed by atoms with E-state index >= 15 is 0 Å². The molecule has 1 aliphatic heterocycles. The van der Waals surface area contributed by atoms with Crippen LogP contribution in [0.3, 0.4) is 0 Å². The van der Waals surface area contributed by atoms with Gasteiger partial charge in [-0.15, -0.1) is 0 Å². The van der Waals surface area contributed by atoms with E-state index in [2.05, 4.69) is 34.6 Å². The van der Waals surface area contributed by atoms with Crippen LogP contribution in [-0.4, -0.2) is 16.5 Å². The summed E-state index contributed by atoms with van der Waals surface area (Å²) >= 11 is 0. The first-order valence-electron chi connectivity index (χ1n) is 7.73. The summed E-state index contributed by atoms with van der Waals surface area (Å²) in [6.07, 6.45) is 4.20. The first-order chi connectivity index (χ1) is 10.3. The van der Waals surface area contributed by atoms with Gasteiger partial charge in [0.05, 0.1) is 11.3 Å². The molecule has 4 rings (SSSR count). The Bertz CT molecular complexity index is 735. The van der Waals surface area contributed by atoms with Gasteiger partial charge in [0, 0.05) is 25.4 Å². The van der Waals surface area contributed by atoms with Gasteiger partial charge in [-0.2, -0.15) is 0 Å². The van der Waals surface area contributed by atoms with Crippen LogP contribution in [0.1, 0.15) is 47.0 Å². The first kappa shape index (κ1) is 12.8. The third-order valence-electron chi connectivity index (χ3n) is 4.66. The molecule has 0 bridgehead atoms. The molecule has 4 nitrogen and oxygen atoms in total. The molecule has 2 heterocycles. The number of nitrogens with one attached hydrogen (secondary N) is 2. The zero-order valence-corrected chi connectivity index (χ0v) is 12.0. The SMILES string of the molecule is O=c1[nH]c(C2CCCc3ccccc32)nc2c1CNCC2. The third kappa shape index (κ3) is 2.20. The summed E-state index contributed by atoms with van der Waals surface area (Å²) in [4.78, 5) is 20.1. The number of fused-ring (bicyclic) bond motifs is 2. The standard InChI is InChI=1S/C17H19N3O/c21-17-14-10-18-9-8-15(14)19-16(20-17)13-7-3-5-11-4-1-2-6-12(11)13/h1-2,4,6,13,18H,3,5,7-10H2,(H,19,20,21). The van der Waals surface area contributed by atoms with Crippen molar-refractivity contribution in [2.24, 2.45) is 0 Å². The lowest BCUT2D eigenvalue weighted by Crippen LogP contribution is -2.33. The fourth-order valence-corrected chi connectivity index (χ4v) is 3.58. The maximum absolute atomic E-state index is 12.3. The van der Waals surface area contributed by atoms with Crippen LogP contribution in [0, 0.1) is 0 Å². The van der Waals surface area contributed by atoms with Crippen LogP contribution < -0.4 is 10.9 Å². The minimum atomic E-state index is 0.0326. The van der Waals surface area contributed by atoms with Crippen molar-refractivity contribution in [3.63, 3.8) is 0 Å². The van der Waals surface area contributed by atoms with Crippen LogP contribution in [0.15, 0.2) is 29.1 Å². The number of benzene rings is 1. The van der Waals surface area contributed by atoms with Gasteiger partial charge >= 0.3 is 0 Å². The summed E-state index contributed by atoms with van der Waals surface area (Å²) in [5, 5.41) is 3.24. The zero-order valence-electron chi connectivity index (χ0n) is 12.0. The summed E-state index contributed by atoms with van der Waals surface area (Å²) in [6, 6.07) is 8.55. The van der Waals surface area contributed by atoms with Crippen molar-refractivity contribution < 1.29 is 0 Å². The second-order valence-corrected chi connectivity index (χ2v) is 5.95. The predicted molar refractivity (Wildman–Crippen MR) is 81.5 cm³/mol. The second-order valence-electron chi connectivity index (χ2n) is 5.95. The van der Waals surface area contributed by atoms with Crippen molar-refractivity contribution in [1.29, 1.82) is 0 Å². The van der Waals surface area contributed by atoms with E-state index in [4.69, 9.17) is 4.98 Å². The van der Waals surface area contributed by atoms with E-state index in [1.54, 1.807) is 0 Å². The highest BCUT2D eigenvalue weighted by atomic mass is 16.1. The number of H-pyrrole nitrogens is 1. The van der Waals surface area contributed by atoms with Gasteiger partial charge in [0.25, 0.3) is 5.56 Å². The Morgan fingerprint density at radius 2 is 2.10 bits per heavy atom. The fraction of sp³-hybridized carbons (Fsp3) is 0.412. The monoisotopic (exact) mass is 281 g/mol. The number of aromatic nitrogens is 2. The molecule has 0 saturated heterocycles. The molecule has 21 heavy (non-hydrogen) atoms. The lowest BCUT2D eigenvalue weighted by Gasteiger charge is -2.26. The van der Waals surface area contributed by atoms with Gasteiger partial charge in [-0.1, -0.05) is 24.3 Å². The molecule has 0 spiro atoms. The molecule has 1 aromatic heterocycles. The molecule has 0 fully saturated rings. The minimum Gasteiger partial charge on any atom is -0.312 e. The molecule has 0 saturated carbocycles. The highest BCUT2D eigenvalue weighted by molar-refractivity contribution is 5.37. The first-order valence-corrected chi connectivity index (χ1v) is 7.73. The summed E-state index contributed by atoms with van der Waals surface area (Å²) < 4.78 is 0. The Balaban J connectivity index is 1.81. The van der Waals surface area contributed by atoms with Crippen molar-refractivity contribution in [3.8, 4) is 0 Å². The Labute approximate surface area is 123 Å². The van der Waals surface area contributed by atoms with E-state index in [1.807, 2.05) is 0 Å². The van der Waals surface area contributed by atoms with E-state index in [0.29, 0.717) is 6.54 Å². The van der Waals surface area contributed by atoms with Gasteiger partial charge in [0.2, 0.25) is 0 Å². The van der Waals surface area contributed by atoms with Gasteiger partial charge < -0.3 is 10.3 Å². The molecule has 2 aromatic rings. The molecular formula is C17H19N3O. The smallest absolute Gasteiger partial charge is 0.255 e. The van der Waals surface area contributed by atoms with Gasteiger partial charge in [-0.05, 0) is 30.4 Å². The molecule has 2 aliphatic rings. The van der Waals surface area contributed by atoms with E-state index in [1.165, 1.54) is 11.1 Å². The van der Waals surface area contributed by atoms with Crippen molar-refractivity contribution in [2.45, 2.75) is 38.1 Å². The average Bonchev–Trinajstić information content (AvgIpc) is 2.54. The van der Waals surface area contributed by atoms with Crippen LogP contribution in [0.4, 0.5) is 0 Å². The van der Waals surface area contributed by atoms with Gasteiger partial charge in [0.1, 0.15) is 5.82 Å². The van der Waals surface area contributed by atoms with E-state index in [0.717, 1.165) is 49.3 Å². The maximum atomic E-state index is 12.3. The Hall–Kier alpha value is -1.94. The number of rotatable bonds is 1. The van der Waals surface area contributed by atoms with Crippen LogP contribution in [0.5, 0.6) is 0 Å². The van der Waals surface area contributed by atoms with Crippen molar-refractivity contribution in [3.05, 3.63) is 62.8 Å². The summed E-state index contributed by atoms with van der Waals surface area (Å²) in [5.41, 5.74) is 4.56. The van der Waals surface area contributed by atoms with Crippen molar-refractivity contribution in [1.82, 2.24) is 15.3 Å². The number of hydrogen-bond donors (Lipinski definition) is 2.